The number of aromatic amines is 1. The Hall–Kier alpha value is -1.04. The highest BCUT2D eigenvalue weighted by molar-refractivity contribution is 9.10. The molecule has 5 heteroatoms. The predicted molar refractivity (Wildman–Crippen MR) is 77.9 cm³/mol. The van der Waals surface area contributed by atoms with Crippen molar-refractivity contribution in [2.45, 2.75) is 13.5 Å². The van der Waals surface area contributed by atoms with Crippen LogP contribution in [0.1, 0.15) is 12.7 Å². The molecule has 1 aromatic heterocycles. The maximum Gasteiger partial charge on any atom is 0.134 e. The van der Waals surface area contributed by atoms with Crippen molar-refractivity contribution in [2.24, 2.45) is 0 Å². The van der Waals surface area contributed by atoms with Crippen molar-refractivity contribution in [1.29, 1.82) is 0 Å². The van der Waals surface area contributed by atoms with Crippen molar-refractivity contribution >= 4 is 28.1 Å². The van der Waals surface area contributed by atoms with Gasteiger partial charge in [0.05, 0.1) is 0 Å². The molecule has 0 atom stereocenters. The molecule has 0 saturated heterocycles. The van der Waals surface area contributed by atoms with E-state index < -0.39 is 0 Å². The molecule has 1 N–H and O–H groups in total. The Morgan fingerprint density at radius 3 is 2.72 bits per heavy atom. The van der Waals surface area contributed by atoms with Crippen LogP contribution in [-0.4, -0.2) is 16.6 Å². The van der Waals surface area contributed by atoms with E-state index in [1.54, 1.807) is 0 Å². The van der Waals surface area contributed by atoms with Gasteiger partial charge in [-0.2, -0.15) is 0 Å². The molecular formula is C13H13BrN2OS. The Morgan fingerprint density at radius 2 is 2.06 bits per heavy atom. The molecule has 2 rings (SSSR count). The molecule has 0 aliphatic rings. The zero-order valence-electron chi connectivity index (χ0n) is 9.94. The average molecular weight is 325 g/mol. The zero-order chi connectivity index (χ0) is 13.0. The largest absolute Gasteiger partial charge is 0.374 e. The summed E-state index contributed by atoms with van der Waals surface area (Å²) < 4.78 is 6.96. The standard InChI is InChI=1S/C13H13BrN2OS/c1-2-17-8-12-15-11(7-13(18)16-12)9-3-5-10(14)6-4-9/h3-7H,2,8H2,1H3,(H,15,16,18). The van der Waals surface area contributed by atoms with E-state index in [-0.39, 0.29) is 0 Å². The van der Waals surface area contributed by atoms with Gasteiger partial charge in [-0.05, 0) is 30.7 Å². The second-order valence-electron chi connectivity index (χ2n) is 3.72. The topological polar surface area (TPSA) is 37.9 Å². The number of benzene rings is 1. The number of rotatable bonds is 4. The lowest BCUT2D eigenvalue weighted by molar-refractivity contribution is 0.128. The van der Waals surface area contributed by atoms with Gasteiger partial charge in [0, 0.05) is 16.8 Å². The molecule has 2 aromatic rings. The lowest BCUT2D eigenvalue weighted by atomic mass is 10.1. The summed E-state index contributed by atoms with van der Waals surface area (Å²) in [6, 6.07) is 9.89. The van der Waals surface area contributed by atoms with Crippen LogP contribution < -0.4 is 0 Å². The highest BCUT2D eigenvalue weighted by Gasteiger charge is 2.02. The zero-order valence-corrected chi connectivity index (χ0v) is 12.3. The highest BCUT2D eigenvalue weighted by atomic mass is 79.9. The normalized spacial score (nSPS) is 10.6. The Labute approximate surface area is 119 Å². The minimum absolute atomic E-state index is 0.449. The SMILES string of the molecule is CCOCc1nc(=S)cc(-c2ccc(Br)cc2)[nH]1. The molecule has 0 aliphatic carbocycles. The minimum atomic E-state index is 0.449. The van der Waals surface area contributed by atoms with E-state index in [4.69, 9.17) is 17.0 Å². The molecular weight excluding hydrogens is 312 g/mol. The van der Waals surface area contributed by atoms with Gasteiger partial charge in [0.1, 0.15) is 17.1 Å². The second kappa shape index (κ2) is 6.22. The van der Waals surface area contributed by atoms with Gasteiger partial charge in [0.2, 0.25) is 0 Å². The van der Waals surface area contributed by atoms with E-state index in [1.807, 2.05) is 37.3 Å². The van der Waals surface area contributed by atoms with Crippen LogP contribution in [-0.2, 0) is 11.3 Å². The van der Waals surface area contributed by atoms with Gasteiger partial charge >= 0.3 is 0 Å². The van der Waals surface area contributed by atoms with E-state index >= 15 is 0 Å². The quantitative estimate of drug-likeness (QED) is 0.860. The molecule has 18 heavy (non-hydrogen) atoms. The number of ether oxygens (including phenoxy) is 1. The number of hydrogen-bond donors (Lipinski definition) is 1. The number of nitrogens with one attached hydrogen (secondary N) is 1. The first-order valence-electron chi connectivity index (χ1n) is 5.63. The van der Waals surface area contributed by atoms with Gasteiger partial charge in [0.25, 0.3) is 0 Å². The monoisotopic (exact) mass is 324 g/mol. The molecule has 0 amide bonds. The van der Waals surface area contributed by atoms with Gasteiger partial charge in [-0.3, -0.25) is 0 Å². The maximum atomic E-state index is 5.34. The van der Waals surface area contributed by atoms with Crippen molar-refractivity contribution in [3.05, 3.63) is 45.3 Å². The van der Waals surface area contributed by atoms with Crippen molar-refractivity contribution in [1.82, 2.24) is 9.97 Å². The molecule has 0 spiro atoms. The van der Waals surface area contributed by atoms with Crippen LogP contribution in [0.4, 0.5) is 0 Å². The van der Waals surface area contributed by atoms with Crippen LogP contribution in [0.2, 0.25) is 0 Å². The van der Waals surface area contributed by atoms with Crippen LogP contribution in [0, 0.1) is 4.64 Å². The summed E-state index contributed by atoms with van der Waals surface area (Å²) in [4.78, 5) is 7.48. The Morgan fingerprint density at radius 1 is 1.33 bits per heavy atom. The van der Waals surface area contributed by atoms with Crippen LogP contribution in [0.25, 0.3) is 11.3 Å². The lowest BCUT2D eigenvalue weighted by Crippen LogP contribution is -2.00. The van der Waals surface area contributed by atoms with Gasteiger partial charge in [0.15, 0.2) is 0 Å². The Balaban J connectivity index is 2.35. The predicted octanol–water partition coefficient (Wildman–Crippen LogP) is 4.11. The fourth-order valence-electron chi connectivity index (χ4n) is 1.56. The molecule has 3 nitrogen and oxygen atoms in total. The molecule has 94 valence electrons. The van der Waals surface area contributed by atoms with Gasteiger partial charge in [-0.25, -0.2) is 4.98 Å². The second-order valence-corrected chi connectivity index (χ2v) is 5.06. The first kappa shape index (κ1) is 13.4. The molecule has 0 aliphatic heterocycles. The summed E-state index contributed by atoms with van der Waals surface area (Å²) in [5, 5.41) is 0. The number of hydrogen-bond acceptors (Lipinski definition) is 3. The summed E-state index contributed by atoms with van der Waals surface area (Å²) in [5.74, 6) is 0.752. The van der Waals surface area contributed by atoms with Crippen LogP contribution in [0.15, 0.2) is 34.8 Å². The van der Waals surface area contributed by atoms with Gasteiger partial charge in [-0.15, -0.1) is 0 Å². The number of aromatic nitrogens is 2. The number of H-pyrrole nitrogens is 1. The Kier molecular flexibility index (Phi) is 4.63. The first-order valence-corrected chi connectivity index (χ1v) is 6.83. The van der Waals surface area contributed by atoms with E-state index in [0.717, 1.165) is 21.6 Å². The fraction of sp³-hybridized carbons (Fsp3) is 0.231. The van der Waals surface area contributed by atoms with E-state index in [1.165, 1.54) is 0 Å². The third kappa shape index (κ3) is 3.48. The third-order valence-corrected chi connectivity index (χ3v) is 3.13. The lowest BCUT2D eigenvalue weighted by Gasteiger charge is -2.06. The molecule has 0 unspecified atom stereocenters. The van der Waals surface area contributed by atoms with E-state index in [9.17, 15) is 0 Å². The molecule has 0 radical (unpaired) electrons. The third-order valence-electron chi connectivity index (χ3n) is 2.39. The summed E-state index contributed by atoms with van der Waals surface area (Å²) >= 11 is 8.59. The highest BCUT2D eigenvalue weighted by Crippen LogP contribution is 2.20. The molecule has 0 saturated carbocycles. The summed E-state index contributed by atoms with van der Waals surface area (Å²) in [5.41, 5.74) is 2.03. The van der Waals surface area contributed by atoms with Crippen LogP contribution in [0.5, 0.6) is 0 Å². The summed E-state index contributed by atoms with van der Waals surface area (Å²) in [6.07, 6.45) is 0. The van der Waals surface area contributed by atoms with Gasteiger partial charge < -0.3 is 9.72 Å². The van der Waals surface area contributed by atoms with Crippen LogP contribution in [0.3, 0.4) is 0 Å². The summed E-state index contributed by atoms with van der Waals surface area (Å²) in [7, 11) is 0. The smallest absolute Gasteiger partial charge is 0.134 e. The average Bonchev–Trinajstić information content (AvgIpc) is 2.36. The fourth-order valence-corrected chi connectivity index (χ4v) is 2.05. The molecule has 1 aromatic carbocycles. The Bertz CT molecular complexity index is 580. The first-order chi connectivity index (χ1) is 8.69. The number of halogens is 1. The molecule has 1 heterocycles. The minimum Gasteiger partial charge on any atom is -0.374 e. The van der Waals surface area contributed by atoms with Crippen molar-refractivity contribution < 1.29 is 4.74 Å². The van der Waals surface area contributed by atoms with Gasteiger partial charge in [-0.1, -0.05) is 40.3 Å². The number of nitrogens with zero attached hydrogens (tertiary/aromatic N) is 1. The van der Waals surface area contributed by atoms with E-state index in [2.05, 4.69) is 25.9 Å². The van der Waals surface area contributed by atoms with Crippen LogP contribution >= 0.6 is 28.1 Å². The van der Waals surface area contributed by atoms with Crippen molar-refractivity contribution in [2.75, 3.05) is 6.61 Å². The summed E-state index contributed by atoms with van der Waals surface area (Å²) in [6.45, 7) is 3.06. The van der Waals surface area contributed by atoms with Crippen molar-refractivity contribution in [3.8, 4) is 11.3 Å². The van der Waals surface area contributed by atoms with E-state index in [0.29, 0.717) is 17.9 Å². The molecule has 0 bridgehead atoms. The van der Waals surface area contributed by atoms with Crippen molar-refractivity contribution in [3.63, 3.8) is 0 Å². The molecule has 0 fully saturated rings. The maximum absolute atomic E-state index is 5.34.